The summed E-state index contributed by atoms with van der Waals surface area (Å²) in [5.74, 6) is -3.78. The van der Waals surface area contributed by atoms with Gasteiger partial charge in [-0.2, -0.15) is 13.2 Å². The molecule has 57 heavy (non-hydrogen) atoms. The maximum atomic E-state index is 13.0. The predicted octanol–water partition coefficient (Wildman–Crippen LogP) is 3.70. The van der Waals surface area contributed by atoms with Crippen molar-refractivity contribution in [1.29, 1.82) is 0 Å². The van der Waals surface area contributed by atoms with Crippen LogP contribution in [0, 0.1) is 0 Å². The highest BCUT2D eigenvalue weighted by molar-refractivity contribution is 5.77. The lowest BCUT2D eigenvalue weighted by molar-refractivity contribution is -0.284. The number of carboxylic acids is 1. The maximum absolute atomic E-state index is 13.0. The van der Waals surface area contributed by atoms with Gasteiger partial charge in [-0.25, -0.2) is 4.79 Å². The van der Waals surface area contributed by atoms with Crippen molar-refractivity contribution in [3.63, 3.8) is 0 Å². The lowest BCUT2D eigenvalue weighted by Gasteiger charge is -2.46. The van der Waals surface area contributed by atoms with Crippen molar-refractivity contribution in [1.82, 2.24) is 5.32 Å². The summed E-state index contributed by atoms with van der Waals surface area (Å²) in [5.41, 5.74) is 2.88. The quantitative estimate of drug-likeness (QED) is 0.109. The lowest BCUT2D eigenvalue weighted by Crippen LogP contribution is -2.68. The first kappa shape index (κ1) is 39.8. The number of carboxylic acid groups (broad SMARTS) is 1. The topological polar surface area (TPSA) is 205 Å². The Kier molecular flexibility index (Phi) is 10.8. The average Bonchev–Trinajstić information content (AvgIpc) is 3.56. The molecule has 0 bridgehead atoms. The Balaban J connectivity index is 1.10. The molecule has 1 fully saturated rings. The molecule has 7 atom stereocenters. The van der Waals surface area contributed by atoms with Crippen molar-refractivity contribution >= 4 is 17.6 Å². The van der Waals surface area contributed by atoms with Gasteiger partial charge in [0.1, 0.15) is 54.5 Å². The summed E-state index contributed by atoms with van der Waals surface area (Å²) in [6.45, 7) is -0.683. The van der Waals surface area contributed by atoms with Gasteiger partial charge in [-0.15, -0.1) is 0 Å². The number of alkyl halides is 3. The molecule has 4 aromatic carbocycles. The molecule has 0 aliphatic carbocycles. The number of fused-ring (bicyclic) bond motifs is 6. The van der Waals surface area contributed by atoms with Crippen LogP contribution in [-0.4, -0.2) is 93.0 Å². The van der Waals surface area contributed by atoms with Crippen molar-refractivity contribution in [3.8, 4) is 23.0 Å². The Hall–Kier alpha value is -5.43. The molecule has 302 valence electrons. The van der Waals surface area contributed by atoms with Gasteiger partial charge in [0.15, 0.2) is 5.60 Å². The summed E-state index contributed by atoms with van der Waals surface area (Å²) in [5, 5.41) is 56.0. The first-order valence-electron chi connectivity index (χ1n) is 17.9. The number of anilines is 1. The van der Waals surface area contributed by atoms with Crippen molar-refractivity contribution in [2.45, 2.75) is 74.6 Å². The summed E-state index contributed by atoms with van der Waals surface area (Å²) < 4.78 is 69.4. The highest BCUT2D eigenvalue weighted by atomic mass is 19.4. The number of benzene rings is 4. The van der Waals surface area contributed by atoms with Crippen LogP contribution in [0.4, 0.5) is 18.9 Å². The summed E-state index contributed by atoms with van der Waals surface area (Å²) in [6.07, 6.45) is -12.1. The summed E-state index contributed by atoms with van der Waals surface area (Å²) in [4.78, 5) is 24.4. The lowest BCUT2D eigenvalue weighted by atomic mass is 9.77. The van der Waals surface area contributed by atoms with Gasteiger partial charge >= 0.3 is 17.9 Å². The Morgan fingerprint density at radius 1 is 0.947 bits per heavy atom. The van der Waals surface area contributed by atoms with Gasteiger partial charge in [-0.05, 0) is 53.1 Å². The van der Waals surface area contributed by atoms with Gasteiger partial charge < -0.3 is 59.9 Å². The SMILES string of the molecule is CC(=O)N[C@H]1[C@H]([C@H](O)[C@H](O)CO)O[C@@](Oc2ccc(COc3ccc4c(c3)Oc3cc(NCC(F)(F)F)ccc3C43OCc4ccccc43)cc2)(C(=O)O)C[C@@H]1O. The van der Waals surface area contributed by atoms with Gasteiger partial charge in [-0.1, -0.05) is 36.4 Å². The van der Waals surface area contributed by atoms with Crippen molar-refractivity contribution in [2.24, 2.45) is 0 Å². The number of rotatable bonds is 12. The number of amides is 1. The fraction of sp³-hybridized carbons (Fsp3) is 0.350. The number of ether oxygens (including phenoxy) is 5. The number of nitrogens with one attached hydrogen (secondary N) is 2. The number of carbonyl (C=O) groups excluding carboxylic acids is 1. The summed E-state index contributed by atoms with van der Waals surface area (Å²) in [7, 11) is 0. The molecular formula is C40H39F3N2O12. The Labute approximate surface area is 323 Å². The highest BCUT2D eigenvalue weighted by Gasteiger charge is 2.57. The van der Waals surface area contributed by atoms with Crippen LogP contribution < -0.4 is 24.8 Å². The number of aliphatic hydroxyl groups excluding tert-OH is 4. The van der Waals surface area contributed by atoms with Crippen LogP contribution in [0.5, 0.6) is 23.0 Å². The Morgan fingerprint density at radius 2 is 1.63 bits per heavy atom. The number of carbonyl (C=O) groups is 2. The molecule has 0 aromatic heterocycles. The molecule has 7 rings (SSSR count). The number of aliphatic carboxylic acids is 1. The van der Waals surface area contributed by atoms with E-state index in [0.717, 1.165) is 18.1 Å². The fourth-order valence-corrected chi connectivity index (χ4v) is 7.38. The summed E-state index contributed by atoms with van der Waals surface area (Å²) in [6, 6.07) is 22.4. The molecule has 4 aromatic rings. The zero-order valence-electron chi connectivity index (χ0n) is 30.2. The molecule has 3 heterocycles. The van der Waals surface area contributed by atoms with E-state index in [-0.39, 0.29) is 18.0 Å². The van der Waals surface area contributed by atoms with E-state index in [1.807, 2.05) is 30.3 Å². The van der Waals surface area contributed by atoms with Crippen LogP contribution in [-0.2, 0) is 37.9 Å². The van der Waals surface area contributed by atoms with Gasteiger partial charge in [0, 0.05) is 35.9 Å². The third-order valence-corrected chi connectivity index (χ3v) is 10.0. The number of hydrogen-bond acceptors (Lipinski definition) is 12. The monoisotopic (exact) mass is 796 g/mol. The van der Waals surface area contributed by atoms with Crippen LogP contribution >= 0.6 is 0 Å². The van der Waals surface area contributed by atoms with Crippen LogP contribution in [0.25, 0.3) is 0 Å². The molecule has 17 heteroatoms. The highest BCUT2D eigenvalue weighted by Crippen LogP contribution is 2.57. The van der Waals surface area contributed by atoms with Crippen molar-refractivity contribution < 1.29 is 72.0 Å². The van der Waals surface area contributed by atoms with E-state index in [2.05, 4.69) is 10.6 Å². The van der Waals surface area contributed by atoms with Gasteiger partial charge in [0.2, 0.25) is 5.91 Å². The maximum Gasteiger partial charge on any atom is 0.405 e. The molecule has 7 N–H and O–H groups in total. The summed E-state index contributed by atoms with van der Waals surface area (Å²) >= 11 is 0. The van der Waals surface area contributed by atoms with Gasteiger partial charge in [-0.3, -0.25) is 4.79 Å². The van der Waals surface area contributed by atoms with E-state index >= 15 is 0 Å². The molecular weight excluding hydrogens is 757 g/mol. The molecule has 3 aliphatic heterocycles. The van der Waals surface area contributed by atoms with E-state index < -0.39 is 79.5 Å². The second-order valence-electron chi connectivity index (χ2n) is 14.0. The standard InChI is InChI=1S/C40H39F3N2O12/c1-21(47)45-34-30(48)16-38(37(51)52,57-36(34)35(50)31(49)17-46)56-25-9-6-22(7-10-25)18-53-26-11-13-29-33(15-26)55-32-14-24(44-20-39(41,42)43)8-12-28(32)40(29)27-5-3-2-4-23(27)19-54-40/h2-15,30-31,34-36,44,46,48-50H,16-20H2,1H3,(H,45,47)(H,51,52)/t30-,31+,34+,35+,36+,38+,40?/m0/s1. The van der Waals surface area contributed by atoms with Gasteiger partial charge in [0.05, 0.1) is 31.8 Å². The van der Waals surface area contributed by atoms with Crippen molar-refractivity contribution in [3.05, 3.63) is 113 Å². The second-order valence-corrected chi connectivity index (χ2v) is 14.0. The average molecular weight is 797 g/mol. The first-order chi connectivity index (χ1) is 27.1. The molecule has 1 unspecified atom stereocenters. The van der Waals surface area contributed by atoms with E-state index in [4.69, 9.17) is 23.7 Å². The molecule has 1 amide bonds. The minimum absolute atomic E-state index is 0.00523. The van der Waals surface area contributed by atoms with E-state index in [0.29, 0.717) is 40.5 Å². The van der Waals surface area contributed by atoms with Crippen molar-refractivity contribution in [2.75, 3.05) is 18.5 Å². The molecule has 0 saturated carbocycles. The molecule has 3 aliphatic rings. The predicted molar refractivity (Wildman–Crippen MR) is 193 cm³/mol. The zero-order valence-corrected chi connectivity index (χ0v) is 30.2. The van der Waals surface area contributed by atoms with E-state index in [1.54, 1.807) is 36.4 Å². The Morgan fingerprint density at radius 3 is 2.32 bits per heavy atom. The van der Waals surface area contributed by atoms with Gasteiger partial charge in [0.25, 0.3) is 0 Å². The first-order valence-corrected chi connectivity index (χ1v) is 17.9. The number of hydrogen-bond donors (Lipinski definition) is 7. The third kappa shape index (κ3) is 7.81. The normalized spacial score (nSPS) is 24.6. The minimum atomic E-state index is -4.42. The smallest absolute Gasteiger partial charge is 0.405 e. The van der Waals surface area contributed by atoms with Crippen LogP contribution in [0.15, 0.2) is 84.9 Å². The third-order valence-electron chi connectivity index (χ3n) is 10.0. The number of aliphatic hydroxyl groups is 4. The molecule has 14 nitrogen and oxygen atoms in total. The molecule has 1 saturated heterocycles. The fourth-order valence-electron chi connectivity index (χ4n) is 7.38. The second kappa shape index (κ2) is 15.5. The molecule has 1 spiro atoms. The Bertz CT molecular complexity index is 2140. The van der Waals surface area contributed by atoms with Crippen LogP contribution in [0.1, 0.15) is 41.2 Å². The van der Waals surface area contributed by atoms with Crippen LogP contribution in [0.3, 0.4) is 0 Å². The minimum Gasteiger partial charge on any atom is -0.489 e. The number of halogens is 3. The molecule has 0 radical (unpaired) electrons. The zero-order chi connectivity index (χ0) is 40.7. The van der Waals surface area contributed by atoms with Crippen LogP contribution in [0.2, 0.25) is 0 Å². The largest absolute Gasteiger partial charge is 0.489 e. The van der Waals surface area contributed by atoms with E-state index in [9.17, 15) is 48.3 Å². The van der Waals surface area contributed by atoms with E-state index in [1.165, 1.54) is 18.2 Å².